The summed E-state index contributed by atoms with van der Waals surface area (Å²) in [5.41, 5.74) is 3.51. The predicted octanol–water partition coefficient (Wildman–Crippen LogP) is 2.79. The zero-order chi connectivity index (χ0) is 19.8. The maximum absolute atomic E-state index is 12.5. The first-order valence-electron chi connectivity index (χ1n) is 8.76. The Hall–Kier alpha value is -3.74. The number of nitrogens with zero attached hydrogens (tertiary/aromatic N) is 3. The summed E-state index contributed by atoms with van der Waals surface area (Å²) in [7, 11) is 0. The number of hydroxylamine groups is 2. The van der Waals surface area contributed by atoms with Crippen LogP contribution in [0.15, 0.2) is 54.6 Å². The fraction of sp³-hybridized carbons (Fsp3) is 0.143. The van der Waals surface area contributed by atoms with E-state index in [2.05, 4.69) is 5.10 Å². The second-order valence-electron chi connectivity index (χ2n) is 6.49. The molecule has 4 rings (SSSR count). The number of hydrogen-bond acceptors (Lipinski definition) is 5. The highest BCUT2D eigenvalue weighted by Gasteiger charge is 2.38. The van der Waals surface area contributed by atoms with Crippen LogP contribution in [-0.2, 0) is 16.1 Å². The summed E-state index contributed by atoms with van der Waals surface area (Å²) in [6, 6.07) is 15.9. The molecular formula is C21H17N3O4. The van der Waals surface area contributed by atoms with Crippen molar-refractivity contribution in [2.45, 2.75) is 20.3 Å². The van der Waals surface area contributed by atoms with Crippen LogP contribution in [0.4, 0.5) is 0 Å². The van der Waals surface area contributed by atoms with Crippen LogP contribution < -0.4 is 0 Å². The Morgan fingerprint density at radius 1 is 0.929 bits per heavy atom. The van der Waals surface area contributed by atoms with E-state index in [4.69, 9.17) is 4.84 Å². The Kier molecular flexibility index (Phi) is 4.27. The third-order valence-electron chi connectivity index (χ3n) is 4.71. The first-order chi connectivity index (χ1) is 13.5. The number of para-hydroxylation sites is 1. The van der Waals surface area contributed by atoms with Crippen molar-refractivity contribution in [3.63, 3.8) is 0 Å². The van der Waals surface area contributed by atoms with Crippen LogP contribution in [0, 0.1) is 13.8 Å². The van der Waals surface area contributed by atoms with Gasteiger partial charge in [0.15, 0.2) is 0 Å². The summed E-state index contributed by atoms with van der Waals surface area (Å²) in [4.78, 5) is 42.2. The Morgan fingerprint density at radius 3 is 2.11 bits per heavy atom. The van der Waals surface area contributed by atoms with Gasteiger partial charge in [0.05, 0.1) is 28.9 Å². The summed E-state index contributed by atoms with van der Waals surface area (Å²) >= 11 is 0. The molecule has 140 valence electrons. The molecular weight excluding hydrogens is 358 g/mol. The summed E-state index contributed by atoms with van der Waals surface area (Å²) in [5, 5.41) is 5.02. The van der Waals surface area contributed by atoms with Crippen LogP contribution in [0.3, 0.4) is 0 Å². The fourth-order valence-corrected chi connectivity index (χ4v) is 3.28. The van der Waals surface area contributed by atoms with E-state index in [1.54, 1.807) is 23.7 Å². The highest BCUT2D eigenvalue weighted by Crippen LogP contribution is 2.24. The molecule has 0 saturated carbocycles. The number of aromatic nitrogens is 2. The van der Waals surface area contributed by atoms with Gasteiger partial charge in [0.1, 0.15) is 0 Å². The lowest BCUT2D eigenvalue weighted by Crippen LogP contribution is -2.33. The van der Waals surface area contributed by atoms with Crippen molar-refractivity contribution < 1.29 is 19.2 Å². The molecule has 0 bridgehead atoms. The highest BCUT2D eigenvalue weighted by molar-refractivity contribution is 6.20. The molecule has 1 aromatic heterocycles. The molecule has 0 saturated heterocycles. The molecule has 2 aromatic carbocycles. The van der Waals surface area contributed by atoms with Gasteiger partial charge in [0.25, 0.3) is 11.8 Å². The number of carbonyl (C=O) groups is 3. The molecule has 0 aliphatic carbocycles. The van der Waals surface area contributed by atoms with E-state index in [0.29, 0.717) is 16.3 Å². The predicted molar refractivity (Wildman–Crippen MR) is 99.8 cm³/mol. The molecule has 1 aliphatic rings. The summed E-state index contributed by atoms with van der Waals surface area (Å²) in [6.07, 6.45) is -0.0993. The van der Waals surface area contributed by atoms with Gasteiger partial charge in [0.2, 0.25) is 0 Å². The first-order valence-corrected chi connectivity index (χ1v) is 8.76. The average Bonchev–Trinajstić information content (AvgIpc) is 3.12. The van der Waals surface area contributed by atoms with E-state index >= 15 is 0 Å². The molecule has 2 amide bonds. The summed E-state index contributed by atoms with van der Waals surface area (Å²) in [6.45, 7) is 3.66. The minimum absolute atomic E-state index is 0.0993. The maximum Gasteiger partial charge on any atom is 0.337 e. The van der Waals surface area contributed by atoms with Crippen LogP contribution >= 0.6 is 0 Å². The van der Waals surface area contributed by atoms with E-state index in [-0.39, 0.29) is 17.5 Å². The molecule has 7 nitrogen and oxygen atoms in total. The topological polar surface area (TPSA) is 81.5 Å². The van der Waals surface area contributed by atoms with Crippen molar-refractivity contribution in [1.82, 2.24) is 14.8 Å². The van der Waals surface area contributed by atoms with Gasteiger partial charge in [0, 0.05) is 11.3 Å². The molecule has 1 aliphatic heterocycles. The average molecular weight is 375 g/mol. The number of amides is 2. The van der Waals surface area contributed by atoms with Crippen molar-refractivity contribution >= 4 is 17.8 Å². The van der Waals surface area contributed by atoms with Crippen LogP contribution in [0.5, 0.6) is 0 Å². The number of carbonyl (C=O) groups excluding carboxylic acids is 3. The second-order valence-corrected chi connectivity index (χ2v) is 6.49. The summed E-state index contributed by atoms with van der Waals surface area (Å²) in [5.74, 6) is -1.97. The monoisotopic (exact) mass is 375 g/mol. The van der Waals surface area contributed by atoms with E-state index in [1.807, 2.05) is 37.3 Å². The molecule has 0 fully saturated rings. The molecule has 0 spiro atoms. The molecule has 0 unspecified atom stereocenters. The SMILES string of the molecule is Cc1nn(-c2ccccc2)c(C)c1CC(=O)ON1C(=O)c2ccccc2C1=O. The van der Waals surface area contributed by atoms with Crippen LogP contribution in [0.25, 0.3) is 5.69 Å². The molecule has 7 heteroatoms. The van der Waals surface area contributed by atoms with Gasteiger partial charge in [-0.1, -0.05) is 35.4 Å². The van der Waals surface area contributed by atoms with Crippen LogP contribution in [0.2, 0.25) is 0 Å². The number of fused-ring (bicyclic) bond motifs is 1. The van der Waals surface area contributed by atoms with Gasteiger partial charge >= 0.3 is 5.97 Å². The third-order valence-corrected chi connectivity index (χ3v) is 4.71. The molecule has 28 heavy (non-hydrogen) atoms. The van der Waals surface area contributed by atoms with Crippen LogP contribution in [0.1, 0.15) is 37.7 Å². The third kappa shape index (κ3) is 2.87. The van der Waals surface area contributed by atoms with Gasteiger partial charge in [-0.3, -0.25) is 9.59 Å². The van der Waals surface area contributed by atoms with Gasteiger partial charge in [-0.05, 0) is 38.1 Å². The van der Waals surface area contributed by atoms with Gasteiger partial charge in [-0.15, -0.1) is 0 Å². The second kappa shape index (κ2) is 6.77. The molecule has 0 N–H and O–H groups in total. The fourth-order valence-electron chi connectivity index (χ4n) is 3.28. The molecule has 2 heterocycles. The lowest BCUT2D eigenvalue weighted by atomic mass is 10.1. The van der Waals surface area contributed by atoms with Crippen molar-refractivity contribution in [3.05, 3.63) is 82.7 Å². The Morgan fingerprint density at radius 2 is 1.50 bits per heavy atom. The standard InChI is InChI=1S/C21H17N3O4/c1-13-18(14(2)23(22-13)15-8-4-3-5-9-15)12-19(25)28-24-20(26)16-10-6-7-11-17(16)21(24)27/h3-11H,12H2,1-2H3. The normalized spacial score (nSPS) is 13.0. The van der Waals surface area contributed by atoms with E-state index < -0.39 is 17.8 Å². The lowest BCUT2D eigenvalue weighted by molar-refractivity contribution is -0.167. The van der Waals surface area contributed by atoms with Gasteiger partial charge in [-0.2, -0.15) is 5.10 Å². The smallest absolute Gasteiger partial charge is 0.329 e. The van der Waals surface area contributed by atoms with E-state index in [0.717, 1.165) is 11.4 Å². The van der Waals surface area contributed by atoms with Crippen LogP contribution in [-0.4, -0.2) is 32.6 Å². The number of aryl methyl sites for hydroxylation is 1. The Labute approximate surface area is 161 Å². The minimum Gasteiger partial charge on any atom is -0.329 e. The van der Waals surface area contributed by atoms with E-state index in [9.17, 15) is 14.4 Å². The zero-order valence-electron chi connectivity index (χ0n) is 15.4. The number of hydrogen-bond donors (Lipinski definition) is 0. The quantitative estimate of drug-likeness (QED) is 0.655. The van der Waals surface area contributed by atoms with Gasteiger partial charge < -0.3 is 4.84 Å². The Bertz CT molecular complexity index is 1070. The number of benzene rings is 2. The summed E-state index contributed by atoms with van der Waals surface area (Å²) < 4.78 is 1.75. The van der Waals surface area contributed by atoms with Crippen molar-refractivity contribution in [2.75, 3.05) is 0 Å². The minimum atomic E-state index is -0.701. The van der Waals surface area contributed by atoms with E-state index in [1.165, 1.54) is 12.1 Å². The van der Waals surface area contributed by atoms with Gasteiger partial charge in [-0.25, -0.2) is 9.48 Å². The zero-order valence-corrected chi connectivity index (χ0v) is 15.4. The first kappa shape index (κ1) is 17.7. The molecule has 0 atom stereocenters. The number of rotatable bonds is 4. The molecule has 3 aromatic rings. The Balaban J connectivity index is 1.53. The van der Waals surface area contributed by atoms with Crippen molar-refractivity contribution in [2.24, 2.45) is 0 Å². The van der Waals surface area contributed by atoms with Crippen molar-refractivity contribution in [1.29, 1.82) is 0 Å². The largest absolute Gasteiger partial charge is 0.337 e. The number of imide groups is 1. The lowest BCUT2D eigenvalue weighted by Gasteiger charge is -2.12. The molecule has 0 radical (unpaired) electrons. The maximum atomic E-state index is 12.5. The van der Waals surface area contributed by atoms with Crippen molar-refractivity contribution in [3.8, 4) is 5.69 Å². The highest BCUT2D eigenvalue weighted by atomic mass is 16.7.